The van der Waals surface area contributed by atoms with Crippen LogP contribution in [0.25, 0.3) is 0 Å². The molecule has 0 aliphatic carbocycles. The molecule has 0 aliphatic rings. The number of allylic oxidation sites excluding steroid dienone is 1. The van der Waals surface area contributed by atoms with Gasteiger partial charge < -0.3 is 9.84 Å². The first-order valence-electron chi connectivity index (χ1n) is 6.90. The summed E-state index contributed by atoms with van der Waals surface area (Å²) in [6.45, 7) is 8.09. The minimum atomic E-state index is -0.428. The molecule has 0 aromatic heterocycles. The van der Waals surface area contributed by atoms with Crippen molar-refractivity contribution in [2.45, 2.75) is 65.9 Å². The lowest BCUT2D eigenvalue weighted by Gasteiger charge is -2.16. The lowest BCUT2D eigenvalue weighted by molar-refractivity contribution is -0.153. The van der Waals surface area contributed by atoms with E-state index in [0.717, 1.165) is 32.1 Å². The van der Waals surface area contributed by atoms with Gasteiger partial charge in [-0.3, -0.25) is 4.79 Å². The standard InChI is InChI=1S/C15H28O3/c1-5-6-7-10-13(16)11-8-9-12-18-14(17)15(2,3)4/h7,10,13,16H,5-6,8-9,11-12H2,1-4H3/b10-7+/t13-/m1/s1. The maximum Gasteiger partial charge on any atom is 0.311 e. The predicted molar refractivity (Wildman–Crippen MR) is 74.3 cm³/mol. The second-order valence-corrected chi connectivity index (χ2v) is 5.67. The van der Waals surface area contributed by atoms with E-state index in [1.165, 1.54) is 0 Å². The Bertz CT molecular complexity index is 251. The van der Waals surface area contributed by atoms with Crippen molar-refractivity contribution >= 4 is 5.97 Å². The molecule has 0 aromatic rings. The minimum Gasteiger partial charge on any atom is -0.465 e. The zero-order chi connectivity index (χ0) is 14.0. The van der Waals surface area contributed by atoms with E-state index in [1.807, 2.05) is 32.9 Å². The van der Waals surface area contributed by atoms with Crippen LogP contribution < -0.4 is 0 Å². The fraction of sp³-hybridized carbons (Fsp3) is 0.800. The molecule has 0 bridgehead atoms. The number of carbonyl (C=O) groups is 1. The van der Waals surface area contributed by atoms with Crippen LogP contribution in [-0.2, 0) is 9.53 Å². The lowest BCUT2D eigenvalue weighted by atomic mass is 9.97. The molecule has 3 heteroatoms. The summed E-state index contributed by atoms with van der Waals surface area (Å²) in [5.74, 6) is -0.161. The number of hydrogen-bond donors (Lipinski definition) is 1. The zero-order valence-electron chi connectivity index (χ0n) is 12.2. The third-order valence-electron chi connectivity index (χ3n) is 2.55. The van der Waals surface area contributed by atoms with Gasteiger partial charge in [0.05, 0.1) is 18.1 Å². The Morgan fingerprint density at radius 2 is 2.00 bits per heavy atom. The summed E-state index contributed by atoms with van der Waals surface area (Å²) in [6, 6.07) is 0. The first kappa shape index (κ1) is 17.2. The molecule has 0 unspecified atom stereocenters. The summed E-state index contributed by atoms with van der Waals surface area (Å²) in [5.41, 5.74) is -0.428. The van der Waals surface area contributed by atoms with Crippen molar-refractivity contribution < 1.29 is 14.6 Å². The third-order valence-corrected chi connectivity index (χ3v) is 2.55. The van der Waals surface area contributed by atoms with Gasteiger partial charge in [0.2, 0.25) is 0 Å². The lowest BCUT2D eigenvalue weighted by Crippen LogP contribution is -2.23. The van der Waals surface area contributed by atoms with Gasteiger partial charge in [-0.1, -0.05) is 25.5 Å². The van der Waals surface area contributed by atoms with Crippen molar-refractivity contribution in [3.8, 4) is 0 Å². The number of aliphatic hydroxyl groups is 1. The zero-order valence-corrected chi connectivity index (χ0v) is 12.2. The van der Waals surface area contributed by atoms with Gasteiger partial charge in [0.1, 0.15) is 0 Å². The van der Waals surface area contributed by atoms with Crippen LogP contribution in [0, 0.1) is 5.41 Å². The van der Waals surface area contributed by atoms with Gasteiger partial charge in [0.15, 0.2) is 0 Å². The molecule has 18 heavy (non-hydrogen) atoms. The van der Waals surface area contributed by atoms with Crippen LogP contribution in [0.3, 0.4) is 0 Å². The maximum atomic E-state index is 11.5. The Morgan fingerprint density at radius 1 is 1.33 bits per heavy atom. The number of unbranched alkanes of at least 4 members (excludes halogenated alkanes) is 2. The highest BCUT2D eigenvalue weighted by molar-refractivity contribution is 5.75. The Morgan fingerprint density at radius 3 is 2.56 bits per heavy atom. The molecule has 0 fully saturated rings. The van der Waals surface area contributed by atoms with E-state index in [4.69, 9.17) is 4.74 Å². The second-order valence-electron chi connectivity index (χ2n) is 5.67. The van der Waals surface area contributed by atoms with E-state index in [1.54, 1.807) is 0 Å². The molecular weight excluding hydrogens is 228 g/mol. The van der Waals surface area contributed by atoms with Crippen molar-refractivity contribution in [3.63, 3.8) is 0 Å². The molecule has 0 amide bonds. The Balaban J connectivity index is 3.54. The van der Waals surface area contributed by atoms with Crippen molar-refractivity contribution in [2.24, 2.45) is 5.41 Å². The number of ether oxygens (including phenoxy) is 1. The number of carbonyl (C=O) groups excluding carboxylic acids is 1. The van der Waals surface area contributed by atoms with Crippen LogP contribution in [0.15, 0.2) is 12.2 Å². The highest BCUT2D eigenvalue weighted by atomic mass is 16.5. The summed E-state index contributed by atoms with van der Waals surface area (Å²) in [6.07, 6.45) is 8.03. The van der Waals surface area contributed by atoms with Gasteiger partial charge in [-0.15, -0.1) is 0 Å². The van der Waals surface area contributed by atoms with Gasteiger partial charge in [0.25, 0.3) is 0 Å². The van der Waals surface area contributed by atoms with E-state index in [-0.39, 0.29) is 12.1 Å². The molecule has 0 spiro atoms. The Hall–Kier alpha value is -0.830. The first-order valence-corrected chi connectivity index (χ1v) is 6.90. The molecule has 0 aliphatic heterocycles. The smallest absolute Gasteiger partial charge is 0.311 e. The van der Waals surface area contributed by atoms with Crippen molar-refractivity contribution in [2.75, 3.05) is 6.61 Å². The van der Waals surface area contributed by atoms with Crippen molar-refractivity contribution in [1.82, 2.24) is 0 Å². The van der Waals surface area contributed by atoms with Crippen LogP contribution in [-0.4, -0.2) is 23.8 Å². The molecule has 106 valence electrons. The van der Waals surface area contributed by atoms with Gasteiger partial charge in [0, 0.05) is 0 Å². The molecule has 0 radical (unpaired) electrons. The van der Waals surface area contributed by atoms with Gasteiger partial charge >= 0.3 is 5.97 Å². The van der Waals surface area contributed by atoms with E-state index in [2.05, 4.69) is 6.92 Å². The monoisotopic (exact) mass is 256 g/mol. The highest BCUT2D eigenvalue weighted by Crippen LogP contribution is 2.15. The van der Waals surface area contributed by atoms with E-state index in [9.17, 15) is 9.90 Å². The average Bonchev–Trinajstić information content (AvgIpc) is 2.27. The van der Waals surface area contributed by atoms with Gasteiger partial charge in [-0.05, 0) is 46.5 Å². The quantitative estimate of drug-likeness (QED) is 0.411. The predicted octanol–water partition coefficient (Wildman–Crippen LogP) is 3.46. The maximum absolute atomic E-state index is 11.5. The SMILES string of the molecule is CCC/C=C/[C@@H](O)CCCCOC(=O)C(C)(C)C. The molecule has 0 saturated carbocycles. The van der Waals surface area contributed by atoms with E-state index in [0.29, 0.717) is 6.61 Å². The summed E-state index contributed by atoms with van der Waals surface area (Å²) >= 11 is 0. The summed E-state index contributed by atoms with van der Waals surface area (Å²) in [4.78, 5) is 11.5. The van der Waals surface area contributed by atoms with Crippen LogP contribution in [0.4, 0.5) is 0 Å². The van der Waals surface area contributed by atoms with Gasteiger partial charge in [-0.2, -0.15) is 0 Å². The first-order chi connectivity index (χ1) is 8.38. The molecule has 0 rings (SSSR count). The van der Waals surface area contributed by atoms with Crippen molar-refractivity contribution in [3.05, 3.63) is 12.2 Å². The molecule has 1 N–H and O–H groups in total. The van der Waals surface area contributed by atoms with Crippen LogP contribution >= 0.6 is 0 Å². The van der Waals surface area contributed by atoms with Crippen LogP contribution in [0.1, 0.15) is 59.8 Å². The summed E-state index contributed by atoms with van der Waals surface area (Å²) < 4.78 is 5.15. The number of aliphatic hydroxyl groups excluding tert-OH is 1. The fourth-order valence-corrected chi connectivity index (χ4v) is 1.35. The van der Waals surface area contributed by atoms with Gasteiger partial charge in [-0.25, -0.2) is 0 Å². The molecule has 3 nitrogen and oxygen atoms in total. The molecular formula is C15H28O3. The topological polar surface area (TPSA) is 46.5 Å². The van der Waals surface area contributed by atoms with Crippen LogP contribution in [0.2, 0.25) is 0 Å². The highest BCUT2D eigenvalue weighted by Gasteiger charge is 2.22. The molecule has 0 aromatic carbocycles. The minimum absolute atomic E-state index is 0.161. The normalized spacial score (nSPS) is 13.8. The van der Waals surface area contributed by atoms with Crippen LogP contribution in [0.5, 0.6) is 0 Å². The molecule has 0 saturated heterocycles. The van der Waals surface area contributed by atoms with Crippen molar-refractivity contribution in [1.29, 1.82) is 0 Å². The number of rotatable bonds is 8. The van der Waals surface area contributed by atoms with E-state index < -0.39 is 5.41 Å². The Labute approximate surface area is 111 Å². The third kappa shape index (κ3) is 9.23. The average molecular weight is 256 g/mol. The largest absolute Gasteiger partial charge is 0.465 e. The summed E-state index contributed by atoms with van der Waals surface area (Å²) in [5, 5.41) is 9.62. The molecule has 0 heterocycles. The number of hydrogen-bond acceptors (Lipinski definition) is 3. The summed E-state index contributed by atoms with van der Waals surface area (Å²) in [7, 11) is 0. The number of esters is 1. The fourth-order valence-electron chi connectivity index (χ4n) is 1.35. The second kappa shape index (κ2) is 9.15. The molecule has 1 atom stereocenters. The Kier molecular flexibility index (Phi) is 8.73. The van der Waals surface area contributed by atoms with E-state index >= 15 is 0 Å².